The summed E-state index contributed by atoms with van der Waals surface area (Å²) < 4.78 is 0. The van der Waals surface area contributed by atoms with Gasteiger partial charge in [0, 0.05) is 0 Å². The molecule has 0 unspecified atom stereocenters. The smallest absolute Gasteiger partial charge is 0.358 e. The molecule has 0 aromatic carbocycles. The first-order chi connectivity index (χ1) is 4.29. The zero-order chi connectivity index (χ0) is 6.69. The van der Waals surface area contributed by atoms with E-state index in [1.165, 1.54) is 5.56 Å². The van der Waals surface area contributed by atoms with Crippen LogP contribution in [0.1, 0.15) is 5.56 Å². The SMILES string of the molecule is CN(C)Cc1c[c-]sc1.[CH3-].[K+]. The van der Waals surface area contributed by atoms with Crippen LogP contribution in [0.15, 0.2) is 11.4 Å². The van der Waals surface area contributed by atoms with Crippen LogP contribution in [-0.2, 0) is 6.54 Å². The van der Waals surface area contributed by atoms with Gasteiger partial charge in [-0.05, 0) is 20.6 Å². The van der Waals surface area contributed by atoms with Crippen LogP contribution in [0.2, 0.25) is 0 Å². The average Bonchev–Trinajstić information content (AvgIpc) is 2.15. The molecule has 0 aliphatic heterocycles. The Hall–Kier alpha value is 1.30. The standard InChI is InChI=1S/C7H10NS.CH3.K/c1-8(2)5-7-3-4-9-6-7;;/h3,6H,5H2,1-2H3;1H3;/q2*-1;+1. The molecule has 1 rings (SSSR count). The van der Waals surface area contributed by atoms with Gasteiger partial charge in [-0.1, -0.05) is 0 Å². The van der Waals surface area contributed by atoms with Crippen molar-refractivity contribution in [3.63, 3.8) is 0 Å². The van der Waals surface area contributed by atoms with Gasteiger partial charge >= 0.3 is 51.4 Å². The first-order valence-corrected chi connectivity index (χ1v) is 3.75. The molecule has 0 amide bonds. The van der Waals surface area contributed by atoms with E-state index in [1.807, 2.05) is 6.07 Å². The van der Waals surface area contributed by atoms with E-state index in [9.17, 15) is 0 Å². The summed E-state index contributed by atoms with van der Waals surface area (Å²) >= 11 is 1.63. The van der Waals surface area contributed by atoms with Gasteiger partial charge in [0.25, 0.3) is 0 Å². The van der Waals surface area contributed by atoms with Crippen LogP contribution in [0.5, 0.6) is 0 Å². The molecule has 1 heterocycles. The van der Waals surface area contributed by atoms with Gasteiger partial charge in [-0.25, -0.2) is 0 Å². The molecular formula is C8H13KNS-. The fourth-order valence-corrected chi connectivity index (χ4v) is 1.28. The number of hydrogen-bond donors (Lipinski definition) is 0. The van der Waals surface area contributed by atoms with E-state index < -0.39 is 0 Å². The van der Waals surface area contributed by atoms with Crippen molar-refractivity contribution < 1.29 is 51.4 Å². The molecule has 11 heavy (non-hydrogen) atoms. The zero-order valence-corrected chi connectivity index (χ0v) is 11.7. The van der Waals surface area contributed by atoms with Crippen molar-refractivity contribution in [3.8, 4) is 0 Å². The Kier molecular flexibility index (Phi) is 10.7. The van der Waals surface area contributed by atoms with Gasteiger partial charge in [-0.2, -0.15) is 17.0 Å². The van der Waals surface area contributed by atoms with Crippen LogP contribution in [0.3, 0.4) is 0 Å². The monoisotopic (exact) mass is 194 g/mol. The minimum atomic E-state index is 0. The molecule has 1 aromatic rings. The maximum Gasteiger partial charge on any atom is 1.00 e. The predicted octanol–water partition coefficient (Wildman–Crippen LogP) is -0.936. The molecule has 58 valence electrons. The van der Waals surface area contributed by atoms with Crippen molar-refractivity contribution in [1.82, 2.24) is 4.90 Å². The fraction of sp³-hybridized carbons (Fsp3) is 0.375. The molecule has 0 aliphatic rings. The number of hydrogen-bond acceptors (Lipinski definition) is 2. The van der Waals surface area contributed by atoms with Gasteiger partial charge in [0.2, 0.25) is 0 Å². The van der Waals surface area contributed by atoms with Crippen LogP contribution < -0.4 is 51.4 Å². The largest absolute Gasteiger partial charge is 1.00 e. The molecule has 1 nitrogen and oxygen atoms in total. The molecule has 3 heteroatoms. The molecule has 1 aromatic heterocycles. The molecule has 0 atom stereocenters. The Morgan fingerprint density at radius 3 is 2.55 bits per heavy atom. The van der Waals surface area contributed by atoms with E-state index in [0.29, 0.717) is 0 Å². The van der Waals surface area contributed by atoms with Gasteiger partial charge in [-0.3, -0.25) is 0 Å². The summed E-state index contributed by atoms with van der Waals surface area (Å²) in [6.07, 6.45) is 0. The van der Waals surface area contributed by atoms with Crippen LogP contribution in [0, 0.1) is 12.8 Å². The fourth-order valence-electron chi connectivity index (χ4n) is 0.701. The molecule has 0 fully saturated rings. The van der Waals surface area contributed by atoms with E-state index in [2.05, 4.69) is 29.8 Å². The third-order valence-electron chi connectivity index (χ3n) is 1.02. The number of rotatable bonds is 2. The Bertz CT molecular complexity index is 161. The van der Waals surface area contributed by atoms with Crippen molar-refractivity contribution in [2.45, 2.75) is 6.54 Å². The second kappa shape index (κ2) is 7.92. The number of thiophene rings is 1. The van der Waals surface area contributed by atoms with Crippen LogP contribution in [0.4, 0.5) is 0 Å². The van der Waals surface area contributed by atoms with Gasteiger partial charge in [-0.15, -0.1) is 5.38 Å². The summed E-state index contributed by atoms with van der Waals surface area (Å²) in [5, 5.41) is 5.18. The minimum Gasteiger partial charge on any atom is -0.358 e. The summed E-state index contributed by atoms with van der Waals surface area (Å²) in [5.74, 6) is 0. The summed E-state index contributed by atoms with van der Waals surface area (Å²) in [5.41, 5.74) is 1.35. The van der Waals surface area contributed by atoms with Gasteiger partial charge < -0.3 is 23.7 Å². The van der Waals surface area contributed by atoms with Crippen LogP contribution in [-0.4, -0.2) is 19.0 Å². The molecular weight excluding hydrogens is 181 g/mol. The van der Waals surface area contributed by atoms with Crippen molar-refractivity contribution in [2.24, 2.45) is 0 Å². The Morgan fingerprint density at radius 2 is 2.18 bits per heavy atom. The topological polar surface area (TPSA) is 3.24 Å². The van der Waals surface area contributed by atoms with Gasteiger partial charge in [0.05, 0.1) is 0 Å². The van der Waals surface area contributed by atoms with E-state index in [1.54, 1.807) is 11.3 Å². The molecule has 0 saturated heterocycles. The van der Waals surface area contributed by atoms with Crippen molar-refractivity contribution in [1.29, 1.82) is 0 Å². The maximum atomic E-state index is 3.05. The van der Waals surface area contributed by atoms with Gasteiger partial charge in [0.1, 0.15) is 0 Å². The quantitative estimate of drug-likeness (QED) is 0.434. The van der Waals surface area contributed by atoms with E-state index in [-0.39, 0.29) is 58.8 Å². The summed E-state index contributed by atoms with van der Waals surface area (Å²) in [7, 11) is 4.13. The van der Waals surface area contributed by atoms with E-state index >= 15 is 0 Å². The maximum absolute atomic E-state index is 3.05. The number of nitrogens with zero attached hydrogens (tertiary/aromatic N) is 1. The third kappa shape index (κ3) is 6.46. The second-order valence-electron chi connectivity index (χ2n) is 2.31. The average molecular weight is 194 g/mol. The van der Waals surface area contributed by atoms with Crippen molar-refractivity contribution in [2.75, 3.05) is 14.1 Å². The molecule has 0 bridgehead atoms. The second-order valence-corrected chi connectivity index (χ2v) is 3.02. The minimum absolute atomic E-state index is 0. The first kappa shape index (κ1) is 14.8. The van der Waals surface area contributed by atoms with E-state index in [4.69, 9.17) is 0 Å². The van der Waals surface area contributed by atoms with Crippen molar-refractivity contribution >= 4 is 11.3 Å². The Labute approximate surface area is 116 Å². The normalized spacial score (nSPS) is 8.64. The van der Waals surface area contributed by atoms with E-state index in [0.717, 1.165) is 6.54 Å². The molecule has 0 saturated carbocycles. The zero-order valence-electron chi connectivity index (χ0n) is 7.72. The molecule has 0 aliphatic carbocycles. The molecule has 0 spiro atoms. The third-order valence-corrected chi connectivity index (χ3v) is 1.70. The van der Waals surface area contributed by atoms with Gasteiger partial charge in [0.15, 0.2) is 0 Å². The summed E-state index contributed by atoms with van der Waals surface area (Å²) in [4.78, 5) is 2.15. The van der Waals surface area contributed by atoms with Crippen LogP contribution in [0.25, 0.3) is 0 Å². The predicted molar refractivity (Wildman–Crippen MR) is 47.0 cm³/mol. The molecule has 0 radical (unpaired) electrons. The summed E-state index contributed by atoms with van der Waals surface area (Å²) in [6, 6.07) is 2.03. The Morgan fingerprint density at radius 1 is 1.55 bits per heavy atom. The van der Waals surface area contributed by atoms with Crippen LogP contribution >= 0.6 is 11.3 Å². The van der Waals surface area contributed by atoms with Crippen molar-refractivity contribution in [3.05, 3.63) is 29.8 Å². The Balaban J connectivity index is 0. The summed E-state index contributed by atoms with van der Waals surface area (Å²) in [6.45, 7) is 1.03. The first-order valence-electron chi connectivity index (χ1n) is 2.87. The molecule has 0 N–H and O–H groups in total.